The summed E-state index contributed by atoms with van der Waals surface area (Å²) in [5.41, 5.74) is 2.97. The maximum atomic E-state index is 13.0. The number of amides is 1. The van der Waals surface area contributed by atoms with E-state index in [9.17, 15) is 13.2 Å². The second-order valence-electron chi connectivity index (χ2n) is 8.72. The van der Waals surface area contributed by atoms with Crippen LogP contribution in [0.25, 0.3) is 22.6 Å². The molecule has 1 amide bonds. The summed E-state index contributed by atoms with van der Waals surface area (Å²) in [4.78, 5) is 17.6. The van der Waals surface area contributed by atoms with Crippen LogP contribution in [0.3, 0.4) is 0 Å². The lowest BCUT2D eigenvalue weighted by Crippen LogP contribution is -2.35. The number of anilines is 1. The molecular weight excluding hydrogens is 506 g/mol. The predicted octanol–water partition coefficient (Wildman–Crippen LogP) is 5.91. The largest absolute Gasteiger partial charge is 0.431 e. The molecule has 0 radical (unpaired) electrons. The molecule has 0 unspecified atom stereocenters. The average Bonchev–Trinajstić information content (AvgIpc) is 3.38. The summed E-state index contributed by atoms with van der Waals surface area (Å²) in [5, 5.41) is 3.18. The van der Waals surface area contributed by atoms with Gasteiger partial charge in [-0.1, -0.05) is 84.9 Å². The van der Waals surface area contributed by atoms with Gasteiger partial charge in [-0.05, 0) is 31.0 Å². The second kappa shape index (κ2) is 11.3. The molecule has 1 aliphatic rings. The van der Waals surface area contributed by atoms with Crippen molar-refractivity contribution >= 4 is 33.4 Å². The number of carbonyl (C=O) groups is 1. The van der Waals surface area contributed by atoms with Gasteiger partial charge in [0, 0.05) is 29.9 Å². The molecular formula is C28H27N3O4S2. The molecule has 37 heavy (non-hydrogen) atoms. The maximum Gasteiger partial charge on any atom is 0.257 e. The number of thioether (sulfide) groups is 1. The van der Waals surface area contributed by atoms with Crippen LogP contribution in [-0.2, 0) is 14.8 Å². The van der Waals surface area contributed by atoms with Gasteiger partial charge >= 0.3 is 0 Å². The maximum absolute atomic E-state index is 13.0. The summed E-state index contributed by atoms with van der Waals surface area (Å²) >= 11 is 1.19. The third-order valence-corrected chi connectivity index (χ3v) is 8.81. The van der Waals surface area contributed by atoms with Crippen LogP contribution in [0, 0.1) is 0 Å². The quantitative estimate of drug-likeness (QED) is 0.283. The summed E-state index contributed by atoms with van der Waals surface area (Å²) in [6.07, 6.45) is 2.78. The van der Waals surface area contributed by atoms with E-state index in [1.165, 1.54) is 22.1 Å². The number of carbonyl (C=O) groups excluding carboxylic acids is 1. The van der Waals surface area contributed by atoms with Crippen LogP contribution >= 0.6 is 11.8 Å². The molecule has 1 aromatic heterocycles. The molecule has 0 saturated carbocycles. The summed E-state index contributed by atoms with van der Waals surface area (Å²) in [6, 6.07) is 25.9. The Morgan fingerprint density at radius 1 is 0.892 bits per heavy atom. The van der Waals surface area contributed by atoms with E-state index in [1.807, 2.05) is 60.7 Å². The Hall–Kier alpha value is -3.40. The Balaban J connectivity index is 1.29. The van der Waals surface area contributed by atoms with Crippen molar-refractivity contribution in [3.05, 3.63) is 84.9 Å². The van der Waals surface area contributed by atoms with Gasteiger partial charge in [-0.25, -0.2) is 13.4 Å². The van der Waals surface area contributed by atoms with Gasteiger partial charge in [0.1, 0.15) is 5.69 Å². The monoisotopic (exact) mass is 533 g/mol. The summed E-state index contributed by atoms with van der Waals surface area (Å²) in [7, 11) is -3.58. The van der Waals surface area contributed by atoms with Gasteiger partial charge in [-0.3, -0.25) is 4.79 Å². The highest BCUT2D eigenvalue weighted by molar-refractivity contribution is 7.99. The van der Waals surface area contributed by atoms with Gasteiger partial charge in [0.2, 0.25) is 15.9 Å². The minimum Gasteiger partial charge on any atom is -0.431 e. The predicted molar refractivity (Wildman–Crippen MR) is 146 cm³/mol. The molecule has 5 rings (SSSR count). The Kier molecular flexibility index (Phi) is 7.73. The van der Waals surface area contributed by atoms with E-state index in [4.69, 9.17) is 4.42 Å². The Morgan fingerprint density at radius 3 is 2.27 bits per heavy atom. The van der Waals surface area contributed by atoms with Gasteiger partial charge in [0.05, 0.1) is 10.6 Å². The van der Waals surface area contributed by atoms with Gasteiger partial charge < -0.3 is 9.73 Å². The van der Waals surface area contributed by atoms with E-state index in [0.29, 0.717) is 35.5 Å². The van der Waals surface area contributed by atoms with Crippen LogP contribution in [0.5, 0.6) is 0 Å². The number of piperidine rings is 1. The molecule has 9 heteroatoms. The minimum absolute atomic E-state index is 0.0616. The van der Waals surface area contributed by atoms with E-state index in [0.717, 1.165) is 30.4 Å². The SMILES string of the molecule is O=C(CSc1nc(-c2ccccc2)c(-c2ccccc2)o1)Nc1cccc(S(=O)(=O)N2CCCCC2)c1. The summed E-state index contributed by atoms with van der Waals surface area (Å²) in [6.45, 7) is 1.06. The van der Waals surface area contributed by atoms with Gasteiger partial charge in [-0.15, -0.1) is 0 Å². The number of sulfonamides is 1. The molecule has 0 bridgehead atoms. The van der Waals surface area contributed by atoms with Crippen molar-refractivity contribution in [2.24, 2.45) is 0 Å². The first-order valence-electron chi connectivity index (χ1n) is 12.2. The molecule has 0 atom stereocenters. The van der Waals surface area contributed by atoms with E-state index in [2.05, 4.69) is 10.3 Å². The first-order chi connectivity index (χ1) is 18.0. The first kappa shape index (κ1) is 25.3. The third kappa shape index (κ3) is 5.95. The van der Waals surface area contributed by atoms with Crippen molar-refractivity contribution in [3.63, 3.8) is 0 Å². The molecule has 1 saturated heterocycles. The Bertz CT molecular complexity index is 1410. The zero-order valence-electron chi connectivity index (χ0n) is 20.2. The molecule has 4 aromatic rings. The number of nitrogens with one attached hydrogen (secondary N) is 1. The van der Waals surface area contributed by atoms with Crippen LogP contribution in [0.4, 0.5) is 5.69 Å². The summed E-state index contributed by atoms with van der Waals surface area (Å²) < 4.78 is 33.6. The Labute approximate surface area is 221 Å². The zero-order chi connectivity index (χ0) is 25.7. The van der Waals surface area contributed by atoms with Gasteiger partial charge in [0.25, 0.3) is 5.22 Å². The van der Waals surface area contributed by atoms with Crippen molar-refractivity contribution in [1.29, 1.82) is 0 Å². The van der Waals surface area contributed by atoms with Gasteiger partial charge in [-0.2, -0.15) is 4.31 Å². The highest BCUT2D eigenvalue weighted by atomic mass is 32.2. The van der Waals surface area contributed by atoms with Crippen LogP contribution in [0.1, 0.15) is 19.3 Å². The lowest BCUT2D eigenvalue weighted by Gasteiger charge is -2.26. The van der Waals surface area contributed by atoms with Crippen LogP contribution in [-0.4, -0.2) is 42.5 Å². The van der Waals surface area contributed by atoms with Gasteiger partial charge in [0.15, 0.2) is 5.76 Å². The van der Waals surface area contributed by atoms with E-state index < -0.39 is 10.0 Å². The number of nitrogens with zero attached hydrogens (tertiary/aromatic N) is 2. The lowest BCUT2D eigenvalue weighted by atomic mass is 10.1. The number of aromatic nitrogens is 1. The molecule has 7 nitrogen and oxygen atoms in total. The van der Waals surface area contributed by atoms with Crippen LogP contribution in [0.2, 0.25) is 0 Å². The molecule has 1 aliphatic heterocycles. The summed E-state index contributed by atoms with van der Waals surface area (Å²) in [5.74, 6) is 0.426. The fourth-order valence-corrected chi connectivity index (χ4v) is 6.44. The zero-order valence-corrected chi connectivity index (χ0v) is 21.8. The number of benzene rings is 3. The lowest BCUT2D eigenvalue weighted by molar-refractivity contribution is -0.113. The number of oxazole rings is 1. The number of hydrogen-bond donors (Lipinski definition) is 1. The normalized spacial score (nSPS) is 14.4. The number of hydrogen-bond acceptors (Lipinski definition) is 6. The van der Waals surface area contributed by atoms with Crippen molar-refractivity contribution in [3.8, 4) is 22.6 Å². The fourth-order valence-electron chi connectivity index (χ4n) is 4.25. The van der Waals surface area contributed by atoms with Crippen LogP contribution in [0.15, 0.2) is 99.5 Å². The second-order valence-corrected chi connectivity index (χ2v) is 11.6. The van der Waals surface area contributed by atoms with Crippen molar-refractivity contribution in [1.82, 2.24) is 9.29 Å². The molecule has 2 heterocycles. The molecule has 1 fully saturated rings. The van der Waals surface area contributed by atoms with Crippen LogP contribution < -0.4 is 5.32 Å². The number of rotatable bonds is 8. The molecule has 0 spiro atoms. The smallest absolute Gasteiger partial charge is 0.257 e. The van der Waals surface area contributed by atoms with Crippen molar-refractivity contribution in [2.75, 3.05) is 24.2 Å². The highest BCUT2D eigenvalue weighted by Gasteiger charge is 2.26. The molecule has 1 N–H and O–H groups in total. The fraction of sp³-hybridized carbons (Fsp3) is 0.214. The minimum atomic E-state index is -3.58. The molecule has 3 aromatic carbocycles. The van der Waals surface area contributed by atoms with Crippen molar-refractivity contribution < 1.29 is 17.6 Å². The topological polar surface area (TPSA) is 92.5 Å². The van der Waals surface area contributed by atoms with E-state index >= 15 is 0 Å². The van der Waals surface area contributed by atoms with E-state index in [-0.39, 0.29) is 16.6 Å². The standard InChI is InChI=1S/C28H27N3O4S2/c32-25(29-23-15-10-16-24(19-23)37(33,34)31-17-8-3-9-18-31)20-36-28-30-26(21-11-4-1-5-12-21)27(35-28)22-13-6-2-7-14-22/h1-2,4-7,10-16,19H,3,8-9,17-18,20H2,(H,29,32). The molecule has 190 valence electrons. The van der Waals surface area contributed by atoms with E-state index in [1.54, 1.807) is 18.2 Å². The molecule has 0 aliphatic carbocycles. The Morgan fingerprint density at radius 2 is 1.57 bits per heavy atom. The highest BCUT2D eigenvalue weighted by Crippen LogP contribution is 2.35. The first-order valence-corrected chi connectivity index (χ1v) is 14.6. The van der Waals surface area contributed by atoms with Crippen molar-refractivity contribution in [2.45, 2.75) is 29.4 Å². The third-order valence-electron chi connectivity index (χ3n) is 6.09. The average molecular weight is 534 g/mol.